The maximum atomic E-state index is 11.9. The van der Waals surface area contributed by atoms with E-state index in [-0.39, 0.29) is 11.8 Å². The summed E-state index contributed by atoms with van der Waals surface area (Å²) in [5.41, 5.74) is -0.442. The van der Waals surface area contributed by atoms with Gasteiger partial charge in [-0.3, -0.25) is 4.79 Å². The molecule has 0 radical (unpaired) electrons. The second-order valence-corrected chi connectivity index (χ2v) is 4.44. The van der Waals surface area contributed by atoms with Crippen LogP contribution in [0.5, 0.6) is 0 Å². The van der Waals surface area contributed by atoms with Gasteiger partial charge in [0.05, 0.1) is 5.54 Å². The first kappa shape index (κ1) is 15.0. The van der Waals surface area contributed by atoms with Crippen molar-refractivity contribution < 1.29 is 4.79 Å². The van der Waals surface area contributed by atoms with E-state index in [1.807, 2.05) is 20.8 Å². The van der Waals surface area contributed by atoms with Gasteiger partial charge in [0, 0.05) is 17.7 Å². The summed E-state index contributed by atoms with van der Waals surface area (Å²) < 4.78 is 0. The lowest BCUT2D eigenvalue weighted by molar-refractivity contribution is -0.126. The smallest absolute Gasteiger partial charge is 0.223 e. The van der Waals surface area contributed by atoms with Crippen molar-refractivity contribution in [2.75, 3.05) is 11.8 Å². The Hall–Kier alpha value is 0.0500. The predicted molar refractivity (Wildman–Crippen MR) is 66.7 cm³/mol. The van der Waals surface area contributed by atoms with Crippen molar-refractivity contribution >= 4 is 29.1 Å². The molecule has 0 aliphatic carbocycles. The fourth-order valence-corrected chi connectivity index (χ4v) is 2.20. The van der Waals surface area contributed by atoms with E-state index in [2.05, 4.69) is 5.32 Å². The monoisotopic (exact) mass is 253 g/mol. The topological polar surface area (TPSA) is 29.1 Å². The number of hydrogen-bond acceptors (Lipinski definition) is 1. The molecule has 0 atom stereocenters. The van der Waals surface area contributed by atoms with Crippen molar-refractivity contribution in [2.24, 2.45) is 5.92 Å². The summed E-state index contributed by atoms with van der Waals surface area (Å²) in [5.74, 6) is 0.864. The minimum Gasteiger partial charge on any atom is -0.348 e. The Labute approximate surface area is 103 Å². The van der Waals surface area contributed by atoms with Crippen LogP contribution in [0.4, 0.5) is 0 Å². The molecule has 90 valence electrons. The summed E-state index contributed by atoms with van der Waals surface area (Å²) in [6.07, 6.45) is 2.46. The summed E-state index contributed by atoms with van der Waals surface area (Å²) in [6.45, 7) is 6.02. The van der Waals surface area contributed by atoms with Crippen LogP contribution >= 0.6 is 23.2 Å². The lowest BCUT2D eigenvalue weighted by atomic mass is 9.97. The van der Waals surface area contributed by atoms with Gasteiger partial charge in [0.1, 0.15) is 0 Å². The fourth-order valence-electron chi connectivity index (χ4n) is 1.40. The Bertz CT molecular complexity index is 181. The summed E-state index contributed by atoms with van der Waals surface area (Å²) in [4.78, 5) is 11.9. The van der Waals surface area contributed by atoms with Gasteiger partial charge in [-0.15, -0.1) is 23.2 Å². The second-order valence-electron chi connectivity index (χ2n) is 3.90. The van der Waals surface area contributed by atoms with Crippen LogP contribution in [0.15, 0.2) is 0 Å². The van der Waals surface area contributed by atoms with Crippen LogP contribution in [-0.4, -0.2) is 23.2 Å². The number of hydrogen-bond donors (Lipinski definition) is 1. The van der Waals surface area contributed by atoms with Gasteiger partial charge in [-0.1, -0.05) is 20.8 Å². The van der Waals surface area contributed by atoms with Crippen LogP contribution in [0.25, 0.3) is 0 Å². The maximum absolute atomic E-state index is 11.9. The minimum atomic E-state index is -0.442. The van der Waals surface area contributed by atoms with E-state index >= 15 is 0 Å². The number of halogens is 2. The van der Waals surface area contributed by atoms with Crippen LogP contribution in [-0.2, 0) is 4.79 Å². The molecule has 2 nitrogen and oxygen atoms in total. The quantitative estimate of drug-likeness (QED) is 0.695. The highest BCUT2D eigenvalue weighted by Crippen LogP contribution is 2.17. The molecule has 0 aromatic carbocycles. The number of carbonyl (C=O) groups excluding carboxylic acids is 1. The standard InChI is InChI=1S/C11H21Cl2NO/c1-4-9(5-2)10(15)14-11(6-3,7-12)8-13/h9H,4-8H2,1-3H3,(H,14,15). The number of rotatable bonds is 7. The molecule has 0 spiro atoms. The molecule has 0 aliphatic rings. The van der Waals surface area contributed by atoms with E-state index < -0.39 is 5.54 Å². The van der Waals surface area contributed by atoms with Gasteiger partial charge in [-0.25, -0.2) is 0 Å². The first-order valence-electron chi connectivity index (χ1n) is 5.53. The van der Waals surface area contributed by atoms with Crippen LogP contribution in [0.2, 0.25) is 0 Å². The molecule has 4 heteroatoms. The molecule has 15 heavy (non-hydrogen) atoms. The Morgan fingerprint density at radius 2 is 1.67 bits per heavy atom. The van der Waals surface area contributed by atoms with Gasteiger partial charge in [0.15, 0.2) is 0 Å². The van der Waals surface area contributed by atoms with Crippen molar-refractivity contribution in [2.45, 2.75) is 45.6 Å². The number of amides is 1. The Balaban J connectivity index is 4.46. The highest BCUT2D eigenvalue weighted by Gasteiger charge is 2.30. The van der Waals surface area contributed by atoms with Crippen molar-refractivity contribution in [3.63, 3.8) is 0 Å². The van der Waals surface area contributed by atoms with Crippen LogP contribution < -0.4 is 5.32 Å². The third kappa shape index (κ3) is 4.20. The molecule has 0 aromatic rings. The van der Waals surface area contributed by atoms with E-state index in [9.17, 15) is 4.79 Å². The lowest BCUT2D eigenvalue weighted by Gasteiger charge is -2.31. The Morgan fingerprint density at radius 1 is 1.20 bits per heavy atom. The average Bonchev–Trinajstić information content (AvgIpc) is 2.28. The van der Waals surface area contributed by atoms with Gasteiger partial charge < -0.3 is 5.32 Å². The highest BCUT2D eigenvalue weighted by atomic mass is 35.5. The molecule has 0 saturated carbocycles. The van der Waals surface area contributed by atoms with Gasteiger partial charge in [-0.2, -0.15) is 0 Å². The molecule has 0 aliphatic heterocycles. The molecule has 0 rings (SSSR count). The molecule has 1 amide bonds. The van der Waals surface area contributed by atoms with Crippen LogP contribution in [0.3, 0.4) is 0 Å². The molecule has 0 aromatic heterocycles. The van der Waals surface area contributed by atoms with Gasteiger partial charge >= 0.3 is 0 Å². The molecule has 0 unspecified atom stereocenters. The Kier molecular flexibility index (Phi) is 7.37. The zero-order chi connectivity index (χ0) is 11.9. The summed E-state index contributed by atoms with van der Waals surface area (Å²) >= 11 is 11.7. The van der Waals surface area contributed by atoms with Crippen molar-refractivity contribution in [3.05, 3.63) is 0 Å². The normalized spacial score (nSPS) is 11.9. The first-order chi connectivity index (χ1) is 7.09. The summed E-state index contributed by atoms with van der Waals surface area (Å²) in [6, 6.07) is 0. The van der Waals surface area contributed by atoms with E-state index in [1.54, 1.807) is 0 Å². The summed E-state index contributed by atoms with van der Waals surface area (Å²) in [7, 11) is 0. The molecule has 0 heterocycles. The molecular weight excluding hydrogens is 233 g/mol. The van der Waals surface area contributed by atoms with Crippen molar-refractivity contribution in [3.8, 4) is 0 Å². The lowest BCUT2D eigenvalue weighted by Crippen LogP contribution is -2.53. The van der Waals surface area contributed by atoms with Crippen LogP contribution in [0, 0.1) is 5.92 Å². The van der Waals surface area contributed by atoms with Crippen molar-refractivity contribution in [1.82, 2.24) is 5.32 Å². The third-order valence-electron chi connectivity index (χ3n) is 2.93. The number of alkyl halides is 2. The minimum absolute atomic E-state index is 0.0716. The predicted octanol–water partition coefficient (Wildman–Crippen LogP) is 3.17. The van der Waals surface area contributed by atoms with E-state index in [1.165, 1.54) is 0 Å². The van der Waals surface area contributed by atoms with Crippen LogP contribution in [0.1, 0.15) is 40.0 Å². The number of carbonyl (C=O) groups is 1. The second kappa shape index (κ2) is 7.34. The molecule has 0 saturated heterocycles. The van der Waals surface area contributed by atoms with Gasteiger partial charge in [-0.05, 0) is 19.3 Å². The van der Waals surface area contributed by atoms with E-state index in [0.29, 0.717) is 11.8 Å². The number of nitrogens with one attached hydrogen (secondary N) is 1. The fraction of sp³-hybridized carbons (Fsp3) is 0.909. The van der Waals surface area contributed by atoms with Gasteiger partial charge in [0.2, 0.25) is 5.91 Å². The van der Waals surface area contributed by atoms with Gasteiger partial charge in [0.25, 0.3) is 0 Å². The maximum Gasteiger partial charge on any atom is 0.223 e. The summed E-state index contributed by atoms with van der Waals surface area (Å²) in [5, 5.41) is 2.98. The highest BCUT2D eigenvalue weighted by molar-refractivity contribution is 6.22. The van der Waals surface area contributed by atoms with E-state index in [4.69, 9.17) is 23.2 Å². The molecular formula is C11H21Cl2NO. The molecule has 0 bridgehead atoms. The van der Waals surface area contributed by atoms with E-state index in [0.717, 1.165) is 19.3 Å². The SMILES string of the molecule is CCC(CC)C(=O)NC(CC)(CCl)CCl. The zero-order valence-electron chi connectivity index (χ0n) is 9.78. The molecule has 0 fully saturated rings. The van der Waals surface area contributed by atoms with Crippen molar-refractivity contribution in [1.29, 1.82) is 0 Å². The largest absolute Gasteiger partial charge is 0.348 e. The first-order valence-corrected chi connectivity index (χ1v) is 6.59. The zero-order valence-corrected chi connectivity index (χ0v) is 11.3. The average molecular weight is 254 g/mol. The Morgan fingerprint density at radius 3 is 1.93 bits per heavy atom. The molecule has 1 N–H and O–H groups in total. The third-order valence-corrected chi connectivity index (χ3v) is 3.96.